The van der Waals surface area contributed by atoms with Crippen molar-refractivity contribution in [3.05, 3.63) is 154 Å². The number of alkyl halides is 9. The van der Waals surface area contributed by atoms with Crippen LogP contribution in [0.2, 0.25) is 0 Å². The lowest BCUT2D eigenvalue weighted by atomic mass is 9.73. The fraction of sp³-hybridized carbons (Fsp3) is 0.0870. The van der Waals surface area contributed by atoms with Crippen LogP contribution in [-0.4, -0.2) is 32.8 Å². The summed E-state index contributed by atoms with van der Waals surface area (Å²) in [5.41, 5.74) is 7.54. The maximum Gasteiger partial charge on any atom is 0.423 e. The third kappa shape index (κ3) is 10.2. The van der Waals surface area contributed by atoms with Gasteiger partial charge in [-0.15, -0.1) is 0 Å². The molecule has 0 atom stereocenters. The molecule has 0 bridgehead atoms. The third-order valence-electron chi connectivity index (χ3n) is 10.4. The Bertz CT molecular complexity index is 3190. The highest BCUT2D eigenvalue weighted by Gasteiger charge is 2.72. The summed E-state index contributed by atoms with van der Waals surface area (Å²) in [6.07, 6.45) is -17.9. The number of hydrogen-bond acceptors (Lipinski definition) is 12. The van der Waals surface area contributed by atoms with Gasteiger partial charge in [-0.05, 0) is 59.7 Å². The van der Waals surface area contributed by atoms with Crippen LogP contribution in [0.1, 0.15) is 16.7 Å². The lowest BCUT2D eigenvalue weighted by molar-refractivity contribution is -0.288. The van der Waals surface area contributed by atoms with Crippen LogP contribution < -0.4 is 41.9 Å². The van der Waals surface area contributed by atoms with Gasteiger partial charge in [0, 0.05) is 12.1 Å². The number of nitrogen functional groups attached to an aromatic ring is 4. The summed E-state index contributed by atoms with van der Waals surface area (Å²) < 4.78 is 274. The van der Waals surface area contributed by atoms with Crippen LogP contribution in [0.3, 0.4) is 0 Å². The maximum absolute atomic E-state index is 14.9. The van der Waals surface area contributed by atoms with E-state index < -0.39 is 173 Å². The van der Waals surface area contributed by atoms with Crippen LogP contribution in [0.15, 0.2) is 84.9 Å². The standard InChI is InChI=1S/C27H14F12N2O4.C19H12F6N2O4/c28-13-15(30)23(17(32)21(42)19(13)40)44-11-5-1-9(2-6-11)25(26(34,35)36,27(37,38)39)10-3-7-12(8-4-10)45-24-16(31)14(29)20(41)22(43)18(24)33;20-14-13(19(23,24)25)17(30-7-1-3-9(26)11(28)5-7)16(22)18(15(14)21)31-8-2-4-10(27)12(29)6-8/h1-8,42-43H,40-41H2;1-6,28-29H,26-27H2. The zero-order chi connectivity index (χ0) is 56.9. The summed E-state index contributed by atoms with van der Waals surface area (Å²) in [5, 5.41) is 38.1. The summed E-state index contributed by atoms with van der Waals surface area (Å²) in [4.78, 5) is 0. The van der Waals surface area contributed by atoms with Gasteiger partial charge >= 0.3 is 18.5 Å². The fourth-order valence-corrected chi connectivity index (χ4v) is 6.70. The van der Waals surface area contributed by atoms with Crippen molar-refractivity contribution in [2.45, 2.75) is 23.9 Å². The van der Waals surface area contributed by atoms with Gasteiger partial charge in [0.2, 0.25) is 57.6 Å². The van der Waals surface area contributed by atoms with Crippen molar-refractivity contribution in [3.8, 4) is 69.0 Å². The number of hydrogen-bond donors (Lipinski definition) is 8. The van der Waals surface area contributed by atoms with Gasteiger partial charge < -0.3 is 62.3 Å². The van der Waals surface area contributed by atoms with Crippen LogP contribution in [0.4, 0.5) is 102 Å². The van der Waals surface area contributed by atoms with Crippen LogP contribution in [0.25, 0.3) is 0 Å². The van der Waals surface area contributed by atoms with E-state index in [9.17, 15) is 99.5 Å². The molecule has 0 spiro atoms. The predicted octanol–water partition coefficient (Wildman–Crippen LogP) is 13.4. The molecule has 30 heteroatoms. The van der Waals surface area contributed by atoms with Gasteiger partial charge in [-0.2, -0.15) is 65.9 Å². The largest absolute Gasteiger partial charge is 0.506 e. The first kappa shape index (κ1) is 56.2. The van der Waals surface area contributed by atoms with Crippen LogP contribution in [0.5, 0.6) is 69.0 Å². The van der Waals surface area contributed by atoms with Gasteiger partial charge in [0.15, 0.2) is 34.7 Å². The van der Waals surface area contributed by atoms with Gasteiger partial charge in [0.25, 0.3) is 0 Å². The number of ether oxygens (including phenoxy) is 4. The van der Waals surface area contributed by atoms with Crippen LogP contribution in [-0.2, 0) is 11.6 Å². The Morgan fingerprint density at radius 1 is 0.342 bits per heavy atom. The molecule has 0 aromatic heterocycles. The molecule has 0 fully saturated rings. The molecule has 0 amide bonds. The van der Waals surface area contributed by atoms with E-state index in [0.717, 1.165) is 36.4 Å². The predicted molar refractivity (Wildman–Crippen MR) is 227 cm³/mol. The van der Waals surface area contributed by atoms with E-state index in [4.69, 9.17) is 41.9 Å². The van der Waals surface area contributed by atoms with Crippen molar-refractivity contribution in [1.82, 2.24) is 0 Å². The van der Waals surface area contributed by atoms with Crippen molar-refractivity contribution in [3.63, 3.8) is 0 Å². The Labute approximate surface area is 410 Å². The highest BCUT2D eigenvalue weighted by atomic mass is 19.4. The molecule has 0 unspecified atom stereocenters. The molecular weight excluding hydrogens is 1080 g/mol. The molecule has 0 aliphatic carbocycles. The second kappa shape index (κ2) is 20.3. The van der Waals surface area contributed by atoms with E-state index in [1.807, 2.05) is 0 Å². The summed E-state index contributed by atoms with van der Waals surface area (Å²) >= 11 is 0. The molecule has 12 nitrogen and oxygen atoms in total. The number of phenols is 4. The molecule has 12 N–H and O–H groups in total. The zero-order valence-corrected chi connectivity index (χ0v) is 36.6. The third-order valence-corrected chi connectivity index (χ3v) is 10.4. The second-order valence-corrected chi connectivity index (χ2v) is 15.2. The van der Waals surface area contributed by atoms with Gasteiger partial charge in [0.05, 0.1) is 11.4 Å². The average Bonchev–Trinajstić information content (AvgIpc) is 3.35. The van der Waals surface area contributed by atoms with E-state index >= 15 is 0 Å². The molecule has 7 aromatic carbocycles. The van der Waals surface area contributed by atoms with Crippen molar-refractivity contribution in [2.75, 3.05) is 22.9 Å². The molecule has 0 radical (unpaired) electrons. The number of halogens is 18. The van der Waals surface area contributed by atoms with Gasteiger partial charge in [0.1, 0.15) is 51.4 Å². The lowest BCUT2D eigenvalue weighted by Crippen LogP contribution is -2.54. The minimum atomic E-state index is -6.15. The zero-order valence-electron chi connectivity index (χ0n) is 36.6. The molecule has 0 saturated carbocycles. The number of aromatic hydroxyl groups is 4. The summed E-state index contributed by atoms with van der Waals surface area (Å²) in [7, 11) is 0. The van der Waals surface area contributed by atoms with E-state index in [1.54, 1.807) is 0 Å². The summed E-state index contributed by atoms with van der Waals surface area (Å²) in [5.74, 6) is -32.1. The number of benzene rings is 7. The molecule has 7 aromatic rings. The molecule has 404 valence electrons. The Morgan fingerprint density at radius 3 is 0.974 bits per heavy atom. The number of rotatable bonds is 10. The number of phenolic OH excluding ortho intramolecular Hbond substituents is 4. The SMILES string of the molecule is Nc1c(O)c(F)c(Oc2ccc(C(c3ccc(Oc4c(F)c(O)c(N)c(F)c4F)cc3)(C(F)(F)F)C(F)(F)F)cc2)c(F)c1F.Nc1ccc(Oc2c(F)c(F)c(C(F)(F)F)c(Oc3ccc(N)c(O)c3)c2F)cc1O. The van der Waals surface area contributed by atoms with Crippen LogP contribution >= 0.6 is 0 Å². The van der Waals surface area contributed by atoms with Crippen molar-refractivity contribution in [2.24, 2.45) is 0 Å². The normalized spacial score (nSPS) is 12.0. The van der Waals surface area contributed by atoms with E-state index in [-0.39, 0.29) is 35.6 Å². The van der Waals surface area contributed by atoms with Gasteiger partial charge in [-0.1, -0.05) is 24.3 Å². The van der Waals surface area contributed by atoms with E-state index in [0.29, 0.717) is 24.3 Å². The Morgan fingerprint density at radius 2 is 0.645 bits per heavy atom. The number of nitrogens with two attached hydrogens (primary N) is 4. The van der Waals surface area contributed by atoms with Crippen LogP contribution in [0, 0.1) is 52.4 Å². The molecule has 0 heterocycles. The monoisotopic (exact) mass is 1100 g/mol. The minimum absolute atomic E-state index is 0.126. The molecular formula is C46H26F18N4O8. The highest BCUT2D eigenvalue weighted by Crippen LogP contribution is 2.57. The molecule has 76 heavy (non-hydrogen) atoms. The lowest BCUT2D eigenvalue weighted by Gasteiger charge is -2.38. The smallest absolute Gasteiger partial charge is 0.423 e. The first-order chi connectivity index (χ1) is 35.1. The second-order valence-electron chi connectivity index (χ2n) is 15.2. The highest BCUT2D eigenvalue weighted by molar-refractivity contribution is 5.61. The first-order valence-electron chi connectivity index (χ1n) is 20.0. The van der Waals surface area contributed by atoms with Crippen molar-refractivity contribution < 1.29 is 118 Å². The quantitative estimate of drug-likeness (QED) is 0.0277. The maximum atomic E-state index is 14.9. The summed E-state index contributed by atoms with van der Waals surface area (Å²) in [6, 6.07) is 8.29. The summed E-state index contributed by atoms with van der Waals surface area (Å²) in [6.45, 7) is 0. The molecule has 0 aliphatic heterocycles. The Balaban J connectivity index is 0.000000264. The van der Waals surface area contributed by atoms with E-state index in [2.05, 4.69) is 0 Å². The minimum Gasteiger partial charge on any atom is -0.506 e. The fourth-order valence-electron chi connectivity index (χ4n) is 6.70. The topological polar surface area (TPSA) is 222 Å². The average molecular weight is 1100 g/mol. The number of anilines is 4. The Hall–Kier alpha value is -9.12. The van der Waals surface area contributed by atoms with Gasteiger partial charge in [-0.25, -0.2) is 13.2 Å². The molecule has 0 aliphatic rings. The van der Waals surface area contributed by atoms with E-state index in [1.165, 1.54) is 0 Å². The van der Waals surface area contributed by atoms with Crippen molar-refractivity contribution >= 4 is 22.7 Å². The molecule has 0 saturated heterocycles. The Kier molecular flexibility index (Phi) is 15.0. The van der Waals surface area contributed by atoms with Crippen molar-refractivity contribution in [1.29, 1.82) is 0 Å². The first-order valence-corrected chi connectivity index (χ1v) is 20.0. The molecule has 7 rings (SSSR count). The van der Waals surface area contributed by atoms with Gasteiger partial charge in [-0.3, -0.25) is 0 Å².